The smallest absolute Gasteiger partial charge is 0.235 e. The molecule has 52 valence electrons. The minimum Gasteiger partial charge on any atom is -0.274 e. The molecule has 0 aromatic carbocycles. The highest BCUT2D eigenvalue weighted by Gasteiger charge is 2.21. The summed E-state index contributed by atoms with van der Waals surface area (Å²) in [6.07, 6.45) is 1.05. The maximum absolute atomic E-state index is 10.6. The van der Waals surface area contributed by atoms with E-state index < -0.39 is 10.9 Å². The van der Waals surface area contributed by atoms with E-state index in [2.05, 4.69) is 0 Å². The molecule has 1 aliphatic rings. The van der Waals surface area contributed by atoms with Crippen molar-refractivity contribution in [2.24, 2.45) is 0 Å². The highest BCUT2D eigenvalue weighted by molar-refractivity contribution is 7.70. The summed E-state index contributed by atoms with van der Waals surface area (Å²) in [5, 5.41) is 0. The second-order valence-electron chi connectivity index (χ2n) is 1.86. The van der Waals surface area contributed by atoms with E-state index in [0.29, 0.717) is 19.4 Å². The predicted octanol–water partition coefficient (Wildman–Crippen LogP) is -0.865. The number of hydrogen-bond acceptors (Lipinski definition) is 3. The Bertz CT molecular complexity index is 190. The Morgan fingerprint density at radius 3 is 2.33 bits per heavy atom. The van der Waals surface area contributed by atoms with Crippen LogP contribution in [0.15, 0.2) is 0 Å². The van der Waals surface area contributed by atoms with E-state index >= 15 is 0 Å². The van der Waals surface area contributed by atoms with Crippen LogP contribution in [0.3, 0.4) is 0 Å². The second-order valence-corrected chi connectivity index (χ2v) is 2.82. The highest BCUT2D eigenvalue weighted by atomic mass is 32.2. The van der Waals surface area contributed by atoms with Gasteiger partial charge in [-0.05, 0) is 6.42 Å². The zero-order chi connectivity index (χ0) is 6.85. The van der Waals surface area contributed by atoms with Crippen molar-refractivity contribution in [1.29, 1.82) is 0 Å². The number of rotatable bonds is 1. The van der Waals surface area contributed by atoms with Gasteiger partial charge in [-0.3, -0.25) is 4.79 Å². The van der Waals surface area contributed by atoms with E-state index in [1.165, 1.54) is 0 Å². The number of thiol groups is 1. The number of amides is 1. The van der Waals surface area contributed by atoms with Gasteiger partial charge in [0.15, 0.2) is 0 Å². The van der Waals surface area contributed by atoms with Crippen molar-refractivity contribution < 1.29 is 13.2 Å². The molecule has 0 spiro atoms. The van der Waals surface area contributed by atoms with Crippen LogP contribution < -0.4 is 0 Å². The van der Waals surface area contributed by atoms with E-state index in [4.69, 9.17) is 0 Å². The van der Waals surface area contributed by atoms with Crippen LogP contribution in [0.4, 0.5) is 0 Å². The summed E-state index contributed by atoms with van der Waals surface area (Å²) in [6, 6.07) is 0. The summed E-state index contributed by atoms with van der Waals surface area (Å²) in [6.45, 7) is 0.373. The van der Waals surface area contributed by atoms with Crippen LogP contribution in [-0.2, 0) is 15.7 Å². The Hall–Kier alpha value is -0.580. The minimum atomic E-state index is -2.66. The molecule has 1 amide bonds. The lowest BCUT2D eigenvalue weighted by atomic mass is 10.4. The molecule has 0 aliphatic carbocycles. The summed E-state index contributed by atoms with van der Waals surface area (Å²) in [7, 11) is -2.66. The first kappa shape index (κ1) is 6.54. The Labute approximate surface area is 54.5 Å². The van der Waals surface area contributed by atoms with Crippen LogP contribution in [0.1, 0.15) is 12.8 Å². The van der Waals surface area contributed by atoms with Gasteiger partial charge >= 0.3 is 0 Å². The first-order chi connectivity index (χ1) is 4.22. The summed E-state index contributed by atoms with van der Waals surface area (Å²) >= 11 is 0. The lowest BCUT2D eigenvalue weighted by molar-refractivity contribution is -0.123. The topological polar surface area (TPSA) is 54.5 Å². The van der Waals surface area contributed by atoms with E-state index in [9.17, 15) is 13.2 Å². The fourth-order valence-electron chi connectivity index (χ4n) is 0.807. The third kappa shape index (κ3) is 1.21. The average molecular weight is 149 g/mol. The molecule has 0 atom stereocenters. The van der Waals surface area contributed by atoms with Crippen molar-refractivity contribution in [3.8, 4) is 0 Å². The molecule has 1 fully saturated rings. The van der Waals surface area contributed by atoms with Crippen LogP contribution in [0.5, 0.6) is 0 Å². The van der Waals surface area contributed by atoms with Gasteiger partial charge in [-0.15, -0.1) is 0 Å². The van der Waals surface area contributed by atoms with Gasteiger partial charge in [0.1, 0.15) is 0 Å². The first-order valence-corrected chi connectivity index (χ1v) is 3.79. The lowest BCUT2D eigenvalue weighted by Gasteiger charge is -2.02. The Morgan fingerprint density at radius 1 is 1.44 bits per heavy atom. The SMILES string of the molecule is O=C1CCCN1[SH](=O)=O. The van der Waals surface area contributed by atoms with Gasteiger partial charge in [-0.25, -0.2) is 12.7 Å². The van der Waals surface area contributed by atoms with Crippen molar-refractivity contribution in [3.63, 3.8) is 0 Å². The maximum Gasteiger partial charge on any atom is 0.235 e. The van der Waals surface area contributed by atoms with E-state index in [1.807, 2.05) is 0 Å². The van der Waals surface area contributed by atoms with E-state index in [1.54, 1.807) is 0 Å². The minimum absolute atomic E-state index is 0.272. The molecule has 0 saturated carbocycles. The zero-order valence-electron chi connectivity index (χ0n) is 4.74. The molecule has 0 unspecified atom stereocenters. The van der Waals surface area contributed by atoms with Crippen molar-refractivity contribution in [1.82, 2.24) is 4.31 Å². The van der Waals surface area contributed by atoms with E-state index in [-0.39, 0.29) is 5.91 Å². The molecular formula is C4H7NO3S. The molecule has 9 heavy (non-hydrogen) atoms. The second kappa shape index (κ2) is 2.34. The maximum atomic E-state index is 10.6. The summed E-state index contributed by atoms with van der Waals surface area (Å²) < 4.78 is 21.2. The van der Waals surface area contributed by atoms with Gasteiger partial charge < -0.3 is 0 Å². The van der Waals surface area contributed by atoms with Crippen LogP contribution in [0.2, 0.25) is 0 Å². The molecule has 1 heterocycles. The van der Waals surface area contributed by atoms with Crippen LogP contribution in [-0.4, -0.2) is 25.2 Å². The van der Waals surface area contributed by atoms with Crippen molar-refractivity contribution >= 4 is 16.8 Å². The molecular weight excluding hydrogens is 142 g/mol. The average Bonchev–Trinajstić information content (AvgIpc) is 2.13. The van der Waals surface area contributed by atoms with Gasteiger partial charge in [0, 0.05) is 13.0 Å². The molecule has 0 aromatic rings. The lowest BCUT2D eigenvalue weighted by Crippen LogP contribution is -2.22. The molecule has 1 aliphatic heterocycles. The fourth-order valence-corrected chi connectivity index (χ4v) is 1.39. The number of nitrogens with zero attached hydrogens (tertiary/aromatic N) is 1. The largest absolute Gasteiger partial charge is 0.274 e. The van der Waals surface area contributed by atoms with Gasteiger partial charge in [0.05, 0.1) is 0 Å². The molecule has 0 aromatic heterocycles. The number of carbonyl (C=O) groups is 1. The molecule has 0 bridgehead atoms. The molecule has 0 N–H and O–H groups in total. The van der Waals surface area contributed by atoms with Gasteiger partial charge in [-0.1, -0.05) is 0 Å². The third-order valence-electron chi connectivity index (χ3n) is 1.25. The van der Waals surface area contributed by atoms with Crippen LogP contribution in [0, 0.1) is 0 Å². The van der Waals surface area contributed by atoms with Crippen molar-refractivity contribution in [3.05, 3.63) is 0 Å². The monoisotopic (exact) mass is 149 g/mol. The highest BCUT2D eigenvalue weighted by Crippen LogP contribution is 2.08. The third-order valence-corrected chi connectivity index (χ3v) is 2.06. The standard InChI is InChI=1S/C4H7NO3S/c6-4-2-1-3-5(4)9(7)8/h9H,1-3H2. The summed E-state index contributed by atoms with van der Waals surface area (Å²) in [4.78, 5) is 10.6. The quantitative estimate of drug-likeness (QED) is 0.493. The zero-order valence-corrected chi connectivity index (χ0v) is 5.63. The van der Waals surface area contributed by atoms with Crippen LogP contribution >= 0.6 is 0 Å². The van der Waals surface area contributed by atoms with E-state index in [0.717, 1.165) is 4.31 Å². The van der Waals surface area contributed by atoms with Crippen molar-refractivity contribution in [2.45, 2.75) is 12.8 Å². The van der Waals surface area contributed by atoms with Gasteiger partial charge in [0.2, 0.25) is 16.8 Å². The van der Waals surface area contributed by atoms with Crippen LogP contribution in [0.25, 0.3) is 0 Å². The molecule has 0 radical (unpaired) electrons. The summed E-state index contributed by atoms with van der Waals surface area (Å²) in [5.74, 6) is -0.272. The number of carbonyl (C=O) groups excluding carboxylic acids is 1. The number of hydrogen-bond donors (Lipinski definition) is 1. The predicted molar refractivity (Wildman–Crippen MR) is 31.3 cm³/mol. The van der Waals surface area contributed by atoms with Crippen molar-refractivity contribution in [2.75, 3.05) is 6.54 Å². The molecule has 1 rings (SSSR count). The Morgan fingerprint density at radius 2 is 2.11 bits per heavy atom. The van der Waals surface area contributed by atoms with Gasteiger partial charge in [-0.2, -0.15) is 0 Å². The van der Waals surface area contributed by atoms with Gasteiger partial charge in [0.25, 0.3) is 0 Å². The molecule has 1 saturated heterocycles. The fraction of sp³-hybridized carbons (Fsp3) is 0.750. The normalized spacial score (nSPS) is 19.7. The molecule has 5 heteroatoms. The summed E-state index contributed by atoms with van der Waals surface area (Å²) in [5.41, 5.74) is 0. The Kier molecular flexibility index (Phi) is 1.70. The Balaban J connectivity index is 2.71. The molecule has 4 nitrogen and oxygen atoms in total. The first-order valence-electron chi connectivity index (χ1n) is 2.66.